The molecule has 0 amide bonds. The summed E-state index contributed by atoms with van der Waals surface area (Å²) in [4.78, 5) is 4.29. The van der Waals surface area contributed by atoms with Gasteiger partial charge in [-0.2, -0.15) is 0 Å². The van der Waals surface area contributed by atoms with Crippen molar-refractivity contribution in [3.8, 4) is 0 Å². The SMILES string of the molecule is CCC(C)(O)C(C)=NC(C)C.[La]. The van der Waals surface area contributed by atoms with Crippen LogP contribution in [0.15, 0.2) is 4.99 Å². The zero-order valence-electron chi connectivity index (χ0n) is 8.76. The van der Waals surface area contributed by atoms with E-state index in [0.29, 0.717) is 0 Å². The van der Waals surface area contributed by atoms with Crippen LogP contribution in [0.4, 0.5) is 0 Å². The van der Waals surface area contributed by atoms with Gasteiger partial charge in [-0.05, 0) is 34.1 Å². The Labute approximate surface area is 103 Å². The number of hydrogen-bond donors (Lipinski definition) is 1. The second kappa shape index (κ2) is 6.30. The van der Waals surface area contributed by atoms with Gasteiger partial charge in [0, 0.05) is 47.4 Å². The van der Waals surface area contributed by atoms with Gasteiger partial charge in [0.25, 0.3) is 0 Å². The largest absolute Gasteiger partial charge is 0.384 e. The van der Waals surface area contributed by atoms with E-state index in [1.807, 2.05) is 27.7 Å². The summed E-state index contributed by atoms with van der Waals surface area (Å²) in [6, 6.07) is 0.271. The summed E-state index contributed by atoms with van der Waals surface area (Å²) in [6.45, 7) is 9.65. The molecule has 0 aliphatic heterocycles. The van der Waals surface area contributed by atoms with E-state index < -0.39 is 5.60 Å². The molecule has 0 saturated heterocycles. The van der Waals surface area contributed by atoms with Crippen LogP contribution in [0.1, 0.15) is 41.0 Å². The second-order valence-corrected chi connectivity index (χ2v) is 3.44. The number of rotatable bonds is 3. The second-order valence-electron chi connectivity index (χ2n) is 3.44. The van der Waals surface area contributed by atoms with Crippen molar-refractivity contribution in [3.63, 3.8) is 0 Å². The molecule has 0 fully saturated rings. The summed E-state index contributed by atoms with van der Waals surface area (Å²) in [5.74, 6) is 0. The van der Waals surface area contributed by atoms with E-state index in [0.717, 1.165) is 12.1 Å². The molecule has 2 nitrogen and oxygen atoms in total. The van der Waals surface area contributed by atoms with E-state index in [1.54, 1.807) is 6.92 Å². The summed E-state index contributed by atoms with van der Waals surface area (Å²) in [5.41, 5.74) is 0.111. The summed E-state index contributed by atoms with van der Waals surface area (Å²) >= 11 is 0. The maximum Gasteiger partial charge on any atom is 0.0989 e. The van der Waals surface area contributed by atoms with Crippen LogP contribution in [0.5, 0.6) is 0 Å². The monoisotopic (exact) mass is 296 g/mol. The third kappa shape index (κ3) is 5.47. The first-order valence-electron chi connectivity index (χ1n) is 4.17. The summed E-state index contributed by atoms with van der Waals surface area (Å²) in [7, 11) is 0. The van der Waals surface area contributed by atoms with Crippen LogP contribution in [0, 0.1) is 35.6 Å². The normalized spacial score (nSPS) is 17.1. The van der Waals surface area contributed by atoms with E-state index in [2.05, 4.69) is 4.99 Å². The molecule has 3 heteroatoms. The van der Waals surface area contributed by atoms with Gasteiger partial charge in [0.2, 0.25) is 0 Å². The van der Waals surface area contributed by atoms with Crippen molar-refractivity contribution in [1.29, 1.82) is 0 Å². The fourth-order valence-corrected chi connectivity index (χ4v) is 0.782. The molecule has 0 aliphatic carbocycles. The Bertz CT molecular complexity index is 153. The van der Waals surface area contributed by atoms with Crippen LogP contribution >= 0.6 is 0 Å². The topological polar surface area (TPSA) is 32.6 Å². The van der Waals surface area contributed by atoms with Gasteiger partial charge < -0.3 is 5.11 Å². The maximum absolute atomic E-state index is 9.71. The molecule has 69 valence electrons. The molecule has 1 radical (unpaired) electrons. The number of nitrogens with zero attached hydrogens (tertiary/aromatic N) is 1. The molecule has 1 unspecified atom stereocenters. The molecule has 0 aromatic carbocycles. The molecule has 0 aromatic rings. The third-order valence-corrected chi connectivity index (χ3v) is 1.92. The van der Waals surface area contributed by atoms with Crippen molar-refractivity contribution in [3.05, 3.63) is 0 Å². The Morgan fingerprint density at radius 2 is 1.92 bits per heavy atom. The zero-order chi connectivity index (χ0) is 9.07. The van der Waals surface area contributed by atoms with Gasteiger partial charge in [-0.25, -0.2) is 0 Å². The van der Waals surface area contributed by atoms with Gasteiger partial charge in [-0.3, -0.25) is 4.99 Å². The van der Waals surface area contributed by atoms with Crippen LogP contribution in [-0.2, 0) is 0 Å². The first-order chi connectivity index (χ1) is 4.90. The molecular weight excluding hydrogens is 277 g/mol. The fourth-order valence-electron chi connectivity index (χ4n) is 0.782. The number of aliphatic hydroxyl groups is 1. The van der Waals surface area contributed by atoms with E-state index in [9.17, 15) is 5.11 Å². The summed E-state index contributed by atoms with van der Waals surface area (Å²) < 4.78 is 0. The Morgan fingerprint density at radius 1 is 1.50 bits per heavy atom. The van der Waals surface area contributed by atoms with Crippen LogP contribution in [0.2, 0.25) is 0 Å². The number of aliphatic imine (C=N–C) groups is 1. The van der Waals surface area contributed by atoms with Crippen molar-refractivity contribution in [1.82, 2.24) is 0 Å². The average Bonchev–Trinajstić information content (AvgIpc) is 1.86. The van der Waals surface area contributed by atoms with E-state index in [1.165, 1.54) is 0 Å². The standard InChI is InChI=1S/C9H19NO.La/c1-6-9(5,11)8(4)10-7(2)3;/h7,11H,6H2,1-5H3;. The van der Waals surface area contributed by atoms with Gasteiger partial charge in [0.05, 0.1) is 5.60 Å². The summed E-state index contributed by atoms with van der Waals surface area (Å²) in [6.07, 6.45) is 0.717. The summed E-state index contributed by atoms with van der Waals surface area (Å²) in [5, 5.41) is 9.71. The van der Waals surface area contributed by atoms with Crippen LogP contribution in [0.25, 0.3) is 0 Å². The molecule has 0 bridgehead atoms. The average molecular weight is 296 g/mol. The van der Waals surface area contributed by atoms with Gasteiger partial charge in [0.15, 0.2) is 0 Å². The van der Waals surface area contributed by atoms with Gasteiger partial charge >= 0.3 is 0 Å². The van der Waals surface area contributed by atoms with Gasteiger partial charge in [0.1, 0.15) is 0 Å². The molecule has 1 atom stereocenters. The Kier molecular flexibility index (Phi) is 8.04. The molecule has 0 heterocycles. The van der Waals surface area contributed by atoms with E-state index in [4.69, 9.17) is 0 Å². The predicted molar refractivity (Wildman–Crippen MR) is 49.2 cm³/mol. The zero-order valence-corrected chi connectivity index (χ0v) is 12.4. The molecule has 0 rings (SSSR count). The third-order valence-electron chi connectivity index (χ3n) is 1.92. The van der Waals surface area contributed by atoms with Crippen molar-refractivity contribution < 1.29 is 40.7 Å². The Balaban J connectivity index is 0. The van der Waals surface area contributed by atoms with Crippen molar-refractivity contribution in [2.24, 2.45) is 4.99 Å². The minimum atomic E-state index is -0.718. The fraction of sp³-hybridized carbons (Fsp3) is 0.889. The Hall–Kier alpha value is 0.825. The molecule has 0 spiro atoms. The van der Waals surface area contributed by atoms with Crippen molar-refractivity contribution in [2.75, 3.05) is 0 Å². The smallest absolute Gasteiger partial charge is 0.0989 e. The van der Waals surface area contributed by atoms with Gasteiger partial charge in [-0.15, -0.1) is 0 Å². The minimum Gasteiger partial charge on any atom is -0.384 e. The van der Waals surface area contributed by atoms with Crippen LogP contribution in [0.3, 0.4) is 0 Å². The Morgan fingerprint density at radius 3 is 2.17 bits per heavy atom. The predicted octanol–water partition coefficient (Wildman–Crippen LogP) is 2.02. The number of hydrogen-bond acceptors (Lipinski definition) is 2. The maximum atomic E-state index is 9.71. The molecule has 1 N–H and O–H groups in total. The van der Waals surface area contributed by atoms with E-state index in [-0.39, 0.29) is 41.6 Å². The molecule has 0 saturated carbocycles. The van der Waals surface area contributed by atoms with Crippen LogP contribution < -0.4 is 0 Å². The van der Waals surface area contributed by atoms with Gasteiger partial charge in [-0.1, -0.05) is 6.92 Å². The minimum absolute atomic E-state index is 0. The molecule has 0 aromatic heterocycles. The van der Waals surface area contributed by atoms with Crippen LogP contribution in [-0.4, -0.2) is 22.5 Å². The molecular formula is C9H19LaNO. The van der Waals surface area contributed by atoms with Crippen molar-refractivity contribution >= 4 is 5.71 Å². The van der Waals surface area contributed by atoms with E-state index >= 15 is 0 Å². The molecule has 12 heavy (non-hydrogen) atoms. The van der Waals surface area contributed by atoms with Crippen molar-refractivity contribution in [2.45, 2.75) is 52.7 Å². The first kappa shape index (κ1) is 15.3. The first-order valence-corrected chi connectivity index (χ1v) is 4.17. The molecule has 0 aliphatic rings. The quantitative estimate of drug-likeness (QED) is 0.794.